The molecule has 2 fully saturated rings. The quantitative estimate of drug-likeness (QED) is 0.685. The lowest BCUT2D eigenvalue weighted by atomic mass is 10.1. The Bertz CT molecular complexity index is 234. The predicted molar refractivity (Wildman–Crippen MR) is 58.8 cm³/mol. The molecule has 0 unspecified atom stereocenters. The lowest BCUT2D eigenvalue weighted by Crippen LogP contribution is -2.30. The Morgan fingerprint density at radius 1 is 1.71 bits per heavy atom. The van der Waals surface area contributed by atoms with Crippen LogP contribution in [0.3, 0.4) is 0 Å². The molecule has 5 heteroatoms. The molecule has 0 aromatic rings. The normalized spacial score (nSPS) is 40.1. The van der Waals surface area contributed by atoms with Gasteiger partial charge in [0, 0.05) is 18.4 Å². The van der Waals surface area contributed by atoms with Gasteiger partial charge < -0.3 is 9.47 Å². The van der Waals surface area contributed by atoms with Gasteiger partial charge in [0.25, 0.3) is 0 Å². The first-order chi connectivity index (χ1) is 6.72. The average Bonchev–Trinajstić information content (AvgIpc) is 2.62. The number of ether oxygens (including phenoxy) is 2. The first-order valence-electron chi connectivity index (χ1n) is 4.65. The Hall–Kier alpha value is 0.130. The van der Waals surface area contributed by atoms with Crippen molar-refractivity contribution in [2.75, 3.05) is 17.8 Å². The van der Waals surface area contributed by atoms with E-state index in [9.17, 15) is 4.79 Å². The summed E-state index contributed by atoms with van der Waals surface area (Å²) in [4.78, 5) is 10.9. The van der Waals surface area contributed by atoms with E-state index >= 15 is 0 Å². The van der Waals surface area contributed by atoms with Crippen LogP contribution in [0, 0.1) is 0 Å². The number of thioether (sulfide) groups is 2. The summed E-state index contributed by atoms with van der Waals surface area (Å²) in [5, 5.41) is 0.358. The minimum Gasteiger partial charge on any atom is -0.458 e. The second-order valence-electron chi connectivity index (χ2n) is 3.54. The molecule has 2 bridgehead atoms. The van der Waals surface area contributed by atoms with Crippen LogP contribution in [0.1, 0.15) is 6.92 Å². The van der Waals surface area contributed by atoms with Crippen molar-refractivity contribution in [3.05, 3.63) is 0 Å². The second kappa shape index (κ2) is 4.33. The van der Waals surface area contributed by atoms with Crippen LogP contribution in [0.15, 0.2) is 0 Å². The first-order valence-corrected chi connectivity index (χ1v) is 7.10. The van der Waals surface area contributed by atoms with E-state index in [0.717, 1.165) is 11.5 Å². The zero-order valence-electron chi connectivity index (χ0n) is 8.26. The average molecular weight is 234 g/mol. The number of esters is 1. The molecule has 0 spiro atoms. The van der Waals surface area contributed by atoms with Crippen molar-refractivity contribution in [2.24, 2.45) is 0 Å². The van der Waals surface area contributed by atoms with Crippen LogP contribution in [-0.4, -0.2) is 47.3 Å². The fraction of sp³-hybridized carbons (Fsp3) is 0.889. The van der Waals surface area contributed by atoms with Crippen molar-refractivity contribution >= 4 is 29.5 Å². The molecule has 2 heterocycles. The van der Waals surface area contributed by atoms with Crippen molar-refractivity contribution < 1.29 is 14.3 Å². The van der Waals surface area contributed by atoms with E-state index in [0.29, 0.717) is 5.25 Å². The number of carbonyl (C=O) groups is 1. The molecule has 14 heavy (non-hydrogen) atoms. The molecule has 0 radical (unpaired) electrons. The van der Waals surface area contributed by atoms with Crippen LogP contribution >= 0.6 is 23.5 Å². The number of hydrogen-bond acceptors (Lipinski definition) is 5. The molecule has 0 aromatic heterocycles. The fourth-order valence-electron chi connectivity index (χ4n) is 1.98. The molecule has 80 valence electrons. The number of hydrogen-bond donors (Lipinski definition) is 0. The Kier molecular flexibility index (Phi) is 3.29. The summed E-state index contributed by atoms with van der Waals surface area (Å²) >= 11 is 3.66. The van der Waals surface area contributed by atoms with Gasteiger partial charge in [-0.1, -0.05) is 0 Å². The molecule has 0 aliphatic carbocycles. The zero-order chi connectivity index (χ0) is 10.1. The largest absolute Gasteiger partial charge is 0.458 e. The molecule has 2 rings (SSSR count). The van der Waals surface area contributed by atoms with Crippen LogP contribution in [0.5, 0.6) is 0 Å². The third-order valence-corrected chi connectivity index (χ3v) is 4.63. The van der Waals surface area contributed by atoms with Gasteiger partial charge >= 0.3 is 5.97 Å². The third kappa shape index (κ3) is 1.90. The summed E-state index contributed by atoms with van der Waals surface area (Å²) in [6, 6.07) is 0. The number of rotatable bonds is 3. The minimum atomic E-state index is -0.194. The Labute approximate surface area is 92.3 Å². The van der Waals surface area contributed by atoms with Crippen molar-refractivity contribution in [3.8, 4) is 0 Å². The Morgan fingerprint density at radius 2 is 2.50 bits per heavy atom. The molecule has 0 N–H and O–H groups in total. The molecular weight excluding hydrogens is 220 g/mol. The summed E-state index contributed by atoms with van der Waals surface area (Å²) in [7, 11) is 0. The van der Waals surface area contributed by atoms with Gasteiger partial charge in [-0.2, -0.15) is 11.8 Å². The molecule has 2 saturated heterocycles. The van der Waals surface area contributed by atoms with Crippen molar-refractivity contribution in [3.63, 3.8) is 0 Å². The molecular formula is C9H14O3S2. The Balaban J connectivity index is 1.97. The van der Waals surface area contributed by atoms with Crippen molar-refractivity contribution in [2.45, 2.75) is 30.5 Å². The van der Waals surface area contributed by atoms with Crippen LogP contribution in [0.4, 0.5) is 0 Å². The van der Waals surface area contributed by atoms with E-state index in [1.165, 1.54) is 6.92 Å². The number of carbonyl (C=O) groups excluding carboxylic acids is 1. The van der Waals surface area contributed by atoms with Crippen LogP contribution in [0.25, 0.3) is 0 Å². The van der Waals surface area contributed by atoms with Crippen LogP contribution in [-0.2, 0) is 14.3 Å². The van der Waals surface area contributed by atoms with E-state index in [2.05, 4.69) is 6.26 Å². The summed E-state index contributed by atoms with van der Waals surface area (Å²) in [6.07, 6.45) is 2.46. The van der Waals surface area contributed by atoms with Gasteiger partial charge in [-0.25, -0.2) is 0 Å². The van der Waals surface area contributed by atoms with E-state index in [1.54, 1.807) is 11.8 Å². The molecule has 2 aliphatic rings. The predicted octanol–water partition coefficient (Wildman–Crippen LogP) is 1.16. The summed E-state index contributed by atoms with van der Waals surface area (Å²) in [5.74, 6) is 1.76. The van der Waals surface area contributed by atoms with Gasteiger partial charge in [0.05, 0.1) is 11.4 Å². The van der Waals surface area contributed by atoms with Gasteiger partial charge in [-0.05, 0) is 6.26 Å². The van der Waals surface area contributed by atoms with Gasteiger partial charge in [0.2, 0.25) is 0 Å². The Morgan fingerprint density at radius 3 is 3.14 bits per heavy atom. The van der Waals surface area contributed by atoms with Crippen LogP contribution < -0.4 is 0 Å². The first kappa shape index (κ1) is 10.6. The van der Waals surface area contributed by atoms with Crippen LogP contribution in [0.2, 0.25) is 0 Å². The maximum Gasteiger partial charge on any atom is 0.303 e. The zero-order valence-corrected chi connectivity index (χ0v) is 9.90. The molecule has 0 saturated carbocycles. The highest BCUT2D eigenvalue weighted by Crippen LogP contribution is 2.42. The summed E-state index contributed by atoms with van der Waals surface area (Å²) < 4.78 is 11.1. The van der Waals surface area contributed by atoms with Crippen molar-refractivity contribution in [1.82, 2.24) is 0 Å². The molecule has 2 aliphatic heterocycles. The van der Waals surface area contributed by atoms with E-state index in [-0.39, 0.29) is 24.3 Å². The third-order valence-electron chi connectivity index (χ3n) is 2.49. The van der Waals surface area contributed by atoms with Gasteiger partial charge in [-0.3, -0.25) is 4.79 Å². The molecule has 0 aromatic carbocycles. The maximum atomic E-state index is 10.9. The SMILES string of the molecule is CSC[C@H]1O[C@H]2CS[C@@H]1[C@@H]2OC(C)=O. The second-order valence-corrected chi connectivity index (χ2v) is 5.66. The van der Waals surface area contributed by atoms with Gasteiger partial charge in [-0.15, -0.1) is 11.8 Å². The highest BCUT2D eigenvalue weighted by atomic mass is 32.2. The maximum absolute atomic E-state index is 10.9. The van der Waals surface area contributed by atoms with E-state index in [1.807, 2.05) is 11.8 Å². The van der Waals surface area contributed by atoms with E-state index < -0.39 is 0 Å². The topological polar surface area (TPSA) is 35.5 Å². The lowest BCUT2D eigenvalue weighted by Gasteiger charge is -2.19. The minimum absolute atomic E-state index is 0.00495. The summed E-state index contributed by atoms with van der Waals surface area (Å²) in [5.41, 5.74) is 0. The highest BCUT2D eigenvalue weighted by molar-refractivity contribution is 8.00. The van der Waals surface area contributed by atoms with Gasteiger partial charge in [0.1, 0.15) is 12.2 Å². The standard InChI is InChI=1S/C9H14O3S2/c1-5(10)11-8-6-4-14-9(8)7(12-6)3-13-2/h6-9H,3-4H2,1-2H3/t6-,7+,8+,9-/m0/s1. The smallest absolute Gasteiger partial charge is 0.303 e. The molecule has 3 nitrogen and oxygen atoms in total. The fourth-order valence-corrected chi connectivity index (χ4v) is 4.19. The van der Waals surface area contributed by atoms with Gasteiger partial charge in [0.15, 0.2) is 0 Å². The molecule has 4 atom stereocenters. The number of fused-ring (bicyclic) bond motifs is 2. The van der Waals surface area contributed by atoms with E-state index in [4.69, 9.17) is 9.47 Å². The lowest BCUT2D eigenvalue weighted by molar-refractivity contribution is -0.147. The molecule has 0 amide bonds. The highest BCUT2D eigenvalue weighted by Gasteiger charge is 2.51. The summed E-state index contributed by atoms with van der Waals surface area (Å²) in [6.45, 7) is 1.46. The van der Waals surface area contributed by atoms with Crippen molar-refractivity contribution in [1.29, 1.82) is 0 Å². The monoisotopic (exact) mass is 234 g/mol.